The topological polar surface area (TPSA) is 64.0 Å². The van der Waals surface area contributed by atoms with E-state index in [-0.39, 0.29) is 6.10 Å². The number of likely N-dealkylation sites (N-methyl/N-ethyl adjacent to an activating group) is 1. The van der Waals surface area contributed by atoms with Crippen LogP contribution < -0.4 is 0 Å². The summed E-state index contributed by atoms with van der Waals surface area (Å²) in [4.78, 5) is 14.5. The molecule has 0 saturated carbocycles. The summed E-state index contributed by atoms with van der Waals surface area (Å²) in [6.07, 6.45) is 3.25. The molecule has 5 heteroatoms. The summed E-state index contributed by atoms with van der Waals surface area (Å²) in [5, 5.41) is 18.1. The Morgan fingerprint density at radius 3 is 2.81 bits per heavy atom. The monoisotopic (exact) mass is 228 g/mol. The lowest BCUT2D eigenvalue weighted by atomic mass is 10.2. The minimum absolute atomic E-state index is 0.289. The molecule has 0 bridgehead atoms. The van der Waals surface area contributed by atoms with E-state index >= 15 is 0 Å². The van der Waals surface area contributed by atoms with Gasteiger partial charge in [0.2, 0.25) is 0 Å². The van der Waals surface area contributed by atoms with Crippen LogP contribution in [0.25, 0.3) is 0 Å². The highest BCUT2D eigenvalue weighted by atomic mass is 16.4. The smallest absolute Gasteiger partial charge is 0.328 e. The highest BCUT2D eigenvalue weighted by Crippen LogP contribution is 2.17. The molecule has 0 aromatic carbocycles. The molecule has 0 amide bonds. The van der Waals surface area contributed by atoms with E-state index in [1.807, 2.05) is 14.1 Å². The number of aliphatic hydroxyl groups excluding tert-OH is 1. The predicted molar refractivity (Wildman–Crippen MR) is 61.3 cm³/mol. The van der Waals surface area contributed by atoms with E-state index in [1.54, 1.807) is 6.08 Å². The van der Waals surface area contributed by atoms with E-state index in [9.17, 15) is 9.90 Å². The molecule has 1 rings (SSSR count). The third-order valence-corrected chi connectivity index (χ3v) is 2.68. The minimum atomic E-state index is -0.927. The van der Waals surface area contributed by atoms with Gasteiger partial charge in [-0.1, -0.05) is 6.08 Å². The van der Waals surface area contributed by atoms with Gasteiger partial charge in [0.25, 0.3) is 0 Å². The van der Waals surface area contributed by atoms with Gasteiger partial charge in [-0.15, -0.1) is 0 Å². The summed E-state index contributed by atoms with van der Waals surface area (Å²) >= 11 is 0. The molecule has 2 unspecified atom stereocenters. The molecule has 16 heavy (non-hydrogen) atoms. The predicted octanol–water partition coefficient (Wildman–Crippen LogP) is -0.376. The van der Waals surface area contributed by atoms with Gasteiger partial charge < -0.3 is 15.1 Å². The average molecular weight is 228 g/mol. The fraction of sp³-hybridized carbons (Fsp3) is 0.727. The van der Waals surface area contributed by atoms with Crippen molar-refractivity contribution in [3.05, 3.63) is 12.2 Å². The number of hydrogen-bond donors (Lipinski definition) is 2. The molecule has 92 valence electrons. The zero-order valence-electron chi connectivity index (χ0n) is 9.83. The molecular formula is C11H20N2O3. The quantitative estimate of drug-likeness (QED) is 0.628. The lowest BCUT2D eigenvalue weighted by Crippen LogP contribution is -2.37. The van der Waals surface area contributed by atoms with E-state index in [0.717, 1.165) is 19.0 Å². The SMILES string of the molecule is CN(C)CC1CC(O)CN1C/C=C/C(=O)O. The Labute approximate surface area is 96.0 Å². The van der Waals surface area contributed by atoms with Crippen LogP contribution >= 0.6 is 0 Å². The van der Waals surface area contributed by atoms with Gasteiger partial charge in [-0.2, -0.15) is 0 Å². The third kappa shape index (κ3) is 4.30. The first kappa shape index (κ1) is 13.2. The molecule has 0 aromatic rings. The summed E-state index contributed by atoms with van der Waals surface area (Å²) in [7, 11) is 3.99. The highest BCUT2D eigenvalue weighted by molar-refractivity contribution is 5.79. The molecule has 0 aliphatic carbocycles. The molecule has 0 aromatic heterocycles. The molecule has 5 nitrogen and oxygen atoms in total. The second kappa shape index (κ2) is 5.98. The average Bonchev–Trinajstić information content (AvgIpc) is 2.44. The van der Waals surface area contributed by atoms with E-state index < -0.39 is 5.97 Å². The van der Waals surface area contributed by atoms with Crippen molar-refractivity contribution in [1.29, 1.82) is 0 Å². The Morgan fingerprint density at radius 2 is 2.25 bits per heavy atom. The van der Waals surface area contributed by atoms with E-state index in [2.05, 4.69) is 9.80 Å². The first-order valence-corrected chi connectivity index (χ1v) is 5.45. The van der Waals surface area contributed by atoms with Crippen molar-refractivity contribution in [2.45, 2.75) is 18.6 Å². The number of rotatable bonds is 5. The molecule has 2 atom stereocenters. The maximum Gasteiger partial charge on any atom is 0.328 e. The molecule has 1 heterocycles. The Balaban J connectivity index is 2.46. The van der Waals surface area contributed by atoms with E-state index in [0.29, 0.717) is 19.1 Å². The first-order valence-electron chi connectivity index (χ1n) is 5.45. The standard InChI is InChI=1S/C11H20N2O3/c1-12(2)7-9-6-10(14)8-13(9)5-3-4-11(15)16/h3-4,9-10,14H,5-8H2,1-2H3,(H,15,16)/b4-3+. The van der Waals surface area contributed by atoms with Crippen molar-refractivity contribution in [1.82, 2.24) is 9.80 Å². The van der Waals surface area contributed by atoms with Crippen LogP contribution in [-0.4, -0.2) is 71.9 Å². The van der Waals surface area contributed by atoms with Crippen LogP contribution in [0.4, 0.5) is 0 Å². The molecule has 1 aliphatic heterocycles. The van der Waals surface area contributed by atoms with Crippen molar-refractivity contribution in [2.75, 3.05) is 33.7 Å². The van der Waals surface area contributed by atoms with Crippen LogP contribution in [0.15, 0.2) is 12.2 Å². The van der Waals surface area contributed by atoms with E-state index in [4.69, 9.17) is 5.11 Å². The molecule has 1 fully saturated rings. The molecule has 1 saturated heterocycles. The second-order valence-electron chi connectivity index (χ2n) is 4.50. The summed E-state index contributed by atoms with van der Waals surface area (Å²) in [5.41, 5.74) is 0. The largest absolute Gasteiger partial charge is 0.478 e. The molecule has 1 aliphatic rings. The van der Waals surface area contributed by atoms with Gasteiger partial charge in [0, 0.05) is 31.8 Å². The maximum atomic E-state index is 10.3. The number of hydrogen-bond acceptors (Lipinski definition) is 4. The maximum absolute atomic E-state index is 10.3. The van der Waals surface area contributed by atoms with E-state index in [1.165, 1.54) is 0 Å². The van der Waals surface area contributed by atoms with Crippen LogP contribution in [0.1, 0.15) is 6.42 Å². The molecule has 0 spiro atoms. The van der Waals surface area contributed by atoms with Crippen LogP contribution in [0.3, 0.4) is 0 Å². The Morgan fingerprint density at radius 1 is 1.56 bits per heavy atom. The van der Waals surface area contributed by atoms with Crippen LogP contribution in [0.5, 0.6) is 0 Å². The number of carbonyl (C=O) groups is 1. The van der Waals surface area contributed by atoms with Crippen molar-refractivity contribution in [3.8, 4) is 0 Å². The Bertz CT molecular complexity index is 266. The van der Waals surface area contributed by atoms with Crippen molar-refractivity contribution < 1.29 is 15.0 Å². The first-order chi connectivity index (χ1) is 7.49. The zero-order valence-corrected chi connectivity index (χ0v) is 9.83. The summed E-state index contributed by atoms with van der Waals surface area (Å²) in [6.45, 7) is 2.10. The summed E-state index contributed by atoms with van der Waals surface area (Å²) in [6, 6.07) is 0.309. The van der Waals surface area contributed by atoms with Crippen LogP contribution in [0.2, 0.25) is 0 Å². The summed E-state index contributed by atoms with van der Waals surface area (Å²) in [5.74, 6) is -0.927. The number of β-amino-alcohol motifs (C(OH)–C–C–N with tert-alkyl or cyclic N) is 1. The van der Waals surface area contributed by atoms with Gasteiger partial charge in [0.15, 0.2) is 0 Å². The Kier molecular flexibility index (Phi) is 4.92. The number of aliphatic carboxylic acids is 1. The lowest BCUT2D eigenvalue weighted by molar-refractivity contribution is -0.131. The second-order valence-corrected chi connectivity index (χ2v) is 4.50. The molecule has 0 radical (unpaired) electrons. The van der Waals surface area contributed by atoms with Gasteiger partial charge in [0.1, 0.15) is 0 Å². The highest BCUT2D eigenvalue weighted by Gasteiger charge is 2.30. The fourth-order valence-electron chi connectivity index (χ4n) is 2.08. The lowest BCUT2D eigenvalue weighted by Gasteiger charge is -2.25. The number of nitrogens with zero attached hydrogens (tertiary/aromatic N) is 2. The third-order valence-electron chi connectivity index (χ3n) is 2.68. The number of carboxylic acid groups (broad SMARTS) is 1. The van der Waals surface area contributed by atoms with Crippen molar-refractivity contribution in [2.24, 2.45) is 0 Å². The van der Waals surface area contributed by atoms with Gasteiger partial charge in [-0.3, -0.25) is 4.90 Å². The summed E-state index contributed by atoms with van der Waals surface area (Å²) < 4.78 is 0. The number of carboxylic acids is 1. The van der Waals surface area contributed by atoms with Gasteiger partial charge >= 0.3 is 5.97 Å². The van der Waals surface area contributed by atoms with Crippen LogP contribution in [0, 0.1) is 0 Å². The fourth-order valence-corrected chi connectivity index (χ4v) is 2.08. The minimum Gasteiger partial charge on any atom is -0.478 e. The molecule has 2 N–H and O–H groups in total. The Hall–Kier alpha value is -0.910. The zero-order chi connectivity index (χ0) is 12.1. The van der Waals surface area contributed by atoms with Crippen LogP contribution in [-0.2, 0) is 4.79 Å². The number of likely N-dealkylation sites (tertiary alicyclic amines) is 1. The van der Waals surface area contributed by atoms with Gasteiger partial charge in [-0.25, -0.2) is 4.79 Å². The van der Waals surface area contributed by atoms with Crippen molar-refractivity contribution in [3.63, 3.8) is 0 Å². The number of aliphatic hydroxyl groups is 1. The molecular weight excluding hydrogens is 208 g/mol. The normalized spacial score (nSPS) is 27.0. The van der Waals surface area contributed by atoms with Crippen molar-refractivity contribution >= 4 is 5.97 Å². The van der Waals surface area contributed by atoms with Gasteiger partial charge in [0.05, 0.1) is 6.10 Å². The van der Waals surface area contributed by atoms with Gasteiger partial charge in [-0.05, 0) is 20.5 Å².